The molecule has 0 saturated heterocycles. The van der Waals surface area contributed by atoms with Crippen molar-refractivity contribution < 1.29 is 0 Å². The number of thiophene rings is 1. The van der Waals surface area contributed by atoms with Gasteiger partial charge in [-0.1, -0.05) is 25.8 Å². The molecule has 3 heteroatoms. The fourth-order valence-corrected chi connectivity index (χ4v) is 4.11. The van der Waals surface area contributed by atoms with Gasteiger partial charge in [0, 0.05) is 11.4 Å². The number of nitrogens with zero attached hydrogens (tertiary/aromatic N) is 1. The van der Waals surface area contributed by atoms with E-state index in [0.717, 1.165) is 18.4 Å². The molecule has 3 unspecified atom stereocenters. The predicted molar refractivity (Wildman–Crippen MR) is 84.7 cm³/mol. The summed E-state index contributed by atoms with van der Waals surface area (Å²) in [5.41, 5.74) is 0. The van der Waals surface area contributed by atoms with E-state index in [1.54, 1.807) is 0 Å². The topological polar surface area (TPSA) is 15.3 Å². The van der Waals surface area contributed by atoms with Crippen LogP contribution in [-0.4, -0.2) is 32.1 Å². The van der Waals surface area contributed by atoms with Crippen LogP contribution in [0.25, 0.3) is 0 Å². The second kappa shape index (κ2) is 7.41. The smallest absolute Gasteiger partial charge is 0.0561 e. The first-order valence-electron chi connectivity index (χ1n) is 7.57. The monoisotopic (exact) mass is 280 g/mol. The van der Waals surface area contributed by atoms with Crippen LogP contribution >= 0.6 is 11.3 Å². The Labute approximate surface area is 122 Å². The lowest BCUT2D eigenvalue weighted by Gasteiger charge is -2.29. The molecule has 1 fully saturated rings. The van der Waals surface area contributed by atoms with Crippen molar-refractivity contribution in [3.05, 3.63) is 22.4 Å². The van der Waals surface area contributed by atoms with Gasteiger partial charge in [-0.05, 0) is 56.8 Å². The molecule has 1 aliphatic rings. The third-order valence-corrected chi connectivity index (χ3v) is 5.28. The van der Waals surface area contributed by atoms with Gasteiger partial charge in [-0.15, -0.1) is 11.3 Å². The predicted octanol–water partition coefficient (Wildman–Crippen LogP) is 3.77. The summed E-state index contributed by atoms with van der Waals surface area (Å²) in [4.78, 5) is 3.79. The van der Waals surface area contributed by atoms with Gasteiger partial charge in [-0.3, -0.25) is 0 Å². The molecule has 2 nitrogen and oxygen atoms in total. The summed E-state index contributed by atoms with van der Waals surface area (Å²) in [6, 6.07) is 4.92. The highest BCUT2D eigenvalue weighted by molar-refractivity contribution is 7.10. The van der Waals surface area contributed by atoms with Crippen LogP contribution in [0.5, 0.6) is 0 Å². The van der Waals surface area contributed by atoms with E-state index in [1.165, 1.54) is 37.1 Å². The molecule has 0 spiro atoms. The SMILES string of the molecule is CC1CCCC(CNCC(c2cccs2)N(C)C)C1. The van der Waals surface area contributed by atoms with Crippen molar-refractivity contribution >= 4 is 11.3 Å². The summed E-state index contributed by atoms with van der Waals surface area (Å²) >= 11 is 1.86. The Morgan fingerprint density at radius 3 is 2.89 bits per heavy atom. The molecular formula is C16H28N2S. The van der Waals surface area contributed by atoms with E-state index < -0.39 is 0 Å². The minimum atomic E-state index is 0.515. The summed E-state index contributed by atoms with van der Waals surface area (Å²) in [5, 5.41) is 5.89. The van der Waals surface area contributed by atoms with Crippen molar-refractivity contribution in [2.45, 2.75) is 38.6 Å². The maximum Gasteiger partial charge on any atom is 0.0561 e. The van der Waals surface area contributed by atoms with Crippen molar-refractivity contribution in [2.75, 3.05) is 27.2 Å². The Hall–Kier alpha value is -0.380. The number of hydrogen-bond donors (Lipinski definition) is 1. The molecule has 0 amide bonds. The van der Waals surface area contributed by atoms with E-state index in [4.69, 9.17) is 0 Å². The van der Waals surface area contributed by atoms with Crippen molar-refractivity contribution in [3.63, 3.8) is 0 Å². The molecule has 0 aliphatic heterocycles. The number of nitrogens with one attached hydrogen (secondary N) is 1. The van der Waals surface area contributed by atoms with Gasteiger partial charge in [0.1, 0.15) is 0 Å². The highest BCUT2D eigenvalue weighted by Gasteiger charge is 2.20. The average Bonchev–Trinajstić information content (AvgIpc) is 2.88. The summed E-state index contributed by atoms with van der Waals surface area (Å²) in [7, 11) is 4.35. The van der Waals surface area contributed by atoms with E-state index in [0.29, 0.717) is 6.04 Å². The van der Waals surface area contributed by atoms with Crippen LogP contribution in [0.4, 0.5) is 0 Å². The van der Waals surface area contributed by atoms with Crippen LogP contribution in [0.15, 0.2) is 17.5 Å². The van der Waals surface area contributed by atoms with Crippen molar-refractivity contribution in [2.24, 2.45) is 11.8 Å². The van der Waals surface area contributed by atoms with Crippen LogP contribution in [0.1, 0.15) is 43.5 Å². The molecule has 108 valence electrons. The van der Waals surface area contributed by atoms with E-state index in [1.807, 2.05) is 11.3 Å². The third-order valence-electron chi connectivity index (χ3n) is 4.31. The fourth-order valence-electron chi connectivity index (χ4n) is 3.19. The van der Waals surface area contributed by atoms with Gasteiger partial charge in [0.2, 0.25) is 0 Å². The van der Waals surface area contributed by atoms with E-state index in [9.17, 15) is 0 Å². The van der Waals surface area contributed by atoms with Gasteiger partial charge in [0.05, 0.1) is 6.04 Å². The normalized spacial score (nSPS) is 25.7. The quantitative estimate of drug-likeness (QED) is 0.853. The molecule has 0 aromatic carbocycles. The van der Waals surface area contributed by atoms with Crippen molar-refractivity contribution in [1.82, 2.24) is 10.2 Å². The first-order chi connectivity index (χ1) is 9.16. The fraction of sp³-hybridized carbons (Fsp3) is 0.750. The highest BCUT2D eigenvalue weighted by atomic mass is 32.1. The molecule has 1 saturated carbocycles. The molecule has 2 rings (SSSR count). The largest absolute Gasteiger partial charge is 0.315 e. The number of hydrogen-bond acceptors (Lipinski definition) is 3. The lowest BCUT2D eigenvalue weighted by atomic mass is 9.82. The first-order valence-corrected chi connectivity index (χ1v) is 8.45. The van der Waals surface area contributed by atoms with Crippen LogP contribution in [-0.2, 0) is 0 Å². The van der Waals surface area contributed by atoms with Gasteiger partial charge >= 0.3 is 0 Å². The van der Waals surface area contributed by atoms with Crippen LogP contribution in [0.3, 0.4) is 0 Å². The van der Waals surface area contributed by atoms with Crippen molar-refractivity contribution in [1.29, 1.82) is 0 Å². The maximum atomic E-state index is 3.71. The van der Waals surface area contributed by atoms with Gasteiger partial charge in [0.25, 0.3) is 0 Å². The van der Waals surface area contributed by atoms with Crippen LogP contribution in [0, 0.1) is 11.8 Å². The summed E-state index contributed by atoms with van der Waals surface area (Å²) in [5.74, 6) is 1.83. The minimum Gasteiger partial charge on any atom is -0.315 e. The Kier molecular flexibility index (Phi) is 5.86. The molecule has 0 radical (unpaired) electrons. The minimum absolute atomic E-state index is 0.515. The third kappa shape index (κ3) is 4.59. The molecular weight excluding hydrogens is 252 g/mol. The van der Waals surface area contributed by atoms with E-state index in [2.05, 4.69) is 48.7 Å². The van der Waals surface area contributed by atoms with Crippen LogP contribution in [0.2, 0.25) is 0 Å². The molecule has 1 heterocycles. The molecule has 1 aromatic heterocycles. The molecule has 1 aromatic rings. The standard InChI is InChI=1S/C16H28N2S/c1-13-6-4-7-14(10-13)11-17-12-15(18(2)3)16-8-5-9-19-16/h5,8-9,13-15,17H,4,6-7,10-12H2,1-3H3. The van der Waals surface area contributed by atoms with Crippen molar-refractivity contribution in [3.8, 4) is 0 Å². The number of likely N-dealkylation sites (N-methyl/N-ethyl adjacent to an activating group) is 1. The average molecular weight is 280 g/mol. The second-order valence-corrected chi connectivity index (χ2v) is 7.27. The van der Waals surface area contributed by atoms with E-state index in [-0.39, 0.29) is 0 Å². The van der Waals surface area contributed by atoms with Gasteiger partial charge in [-0.2, -0.15) is 0 Å². The zero-order chi connectivity index (χ0) is 13.7. The van der Waals surface area contributed by atoms with Gasteiger partial charge in [0.15, 0.2) is 0 Å². The summed E-state index contributed by atoms with van der Waals surface area (Å²) < 4.78 is 0. The zero-order valence-electron chi connectivity index (χ0n) is 12.6. The molecule has 19 heavy (non-hydrogen) atoms. The summed E-state index contributed by atoms with van der Waals surface area (Å²) in [6.45, 7) is 4.67. The maximum absolute atomic E-state index is 3.71. The van der Waals surface area contributed by atoms with Gasteiger partial charge in [-0.25, -0.2) is 0 Å². The lowest BCUT2D eigenvalue weighted by Crippen LogP contribution is -2.34. The second-order valence-electron chi connectivity index (χ2n) is 6.29. The van der Waals surface area contributed by atoms with E-state index >= 15 is 0 Å². The highest BCUT2D eigenvalue weighted by Crippen LogP contribution is 2.28. The molecule has 1 aliphatic carbocycles. The first kappa shape index (κ1) is 15.0. The molecule has 1 N–H and O–H groups in total. The Balaban J connectivity index is 1.76. The van der Waals surface area contributed by atoms with Crippen LogP contribution < -0.4 is 5.32 Å². The molecule has 3 atom stereocenters. The lowest BCUT2D eigenvalue weighted by molar-refractivity contribution is 0.253. The Morgan fingerprint density at radius 1 is 1.42 bits per heavy atom. The Morgan fingerprint density at radius 2 is 2.26 bits per heavy atom. The Bertz CT molecular complexity index is 348. The summed E-state index contributed by atoms with van der Waals surface area (Å²) in [6.07, 6.45) is 5.70. The zero-order valence-corrected chi connectivity index (χ0v) is 13.4. The number of rotatable bonds is 6. The van der Waals surface area contributed by atoms with Gasteiger partial charge < -0.3 is 10.2 Å². The molecule has 0 bridgehead atoms.